The number of amides is 2. The molecule has 3 aliphatic rings. The van der Waals surface area contributed by atoms with Crippen LogP contribution in [0.15, 0.2) is 60.7 Å². The molecule has 3 saturated heterocycles. The summed E-state index contributed by atoms with van der Waals surface area (Å²) in [5, 5.41) is 0. The zero-order valence-corrected chi connectivity index (χ0v) is 25.4. The number of nitrogens with zero attached hydrogens (tertiary/aromatic N) is 4. The third-order valence-electron chi connectivity index (χ3n) is 9.58. The molecule has 0 aromatic heterocycles. The van der Waals surface area contributed by atoms with E-state index >= 15 is 0 Å². The molecule has 0 unspecified atom stereocenters. The molecule has 220 valence electrons. The van der Waals surface area contributed by atoms with Crippen LogP contribution in [0.3, 0.4) is 0 Å². The molecule has 40 heavy (non-hydrogen) atoms. The van der Waals surface area contributed by atoms with Gasteiger partial charge in [0, 0.05) is 12.8 Å². The molecule has 0 N–H and O–H groups in total. The lowest BCUT2D eigenvalue weighted by molar-refractivity contribution is -1.03. The van der Waals surface area contributed by atoms with Crippen molar-refractivity contribution in [2.45, 2.75) is 38.5 Å². The molecule has 0 radical (unpaired) electrons. The van der Waals surface area contributed by atoms with Crippen LogP contribution >= 0.6 is 0 Å². The molecule has 3 heterocycles. The summed E-state index contributed by atoms with van der Waals surface area (Å²) in [7, 11) is 0. The van der Waals surface area contributed by atoms with Crippen LogP contribution in [-0.2, 0) is 22.4 Å². The van der Waals surface area contributed by atoms with Crippen molar-refractivity contribution in [3.8, 4) is 0 Å². The van der Waals surface area contributed by atoms with Crippen LogP contribution in [0.25, 0.3) is 0 Å². The summed E-state index contributed by atoms with van der Waals surface area (Å²) in [5.74, 6) is 0.674. The molecule has 3 aliphatic heterocycles. The molecule has 2 spiro atoms. The first kappa shape index (κ1) is 32.4. The van der Waals surface area contributed by atoms with Crippen molar-refractivity contribution in [3.63, 3.8) is 0 Å². The van der Waals surface area contributed by atoms with Crippen LogP contribution in [-0.4, -0.2) is 109 Å². The summed E-state index contributed by atoms with van der Waals surface area (Å²) >= 11 is 0. The summed E-state index contributed by atoms with van der Waals surface area (Å²) in [6, 6.07) is 21.0. The predicted molar refractivity (Wildman–Crippen MR) is 151 cm³/mol. The number of benzene rings is 2. The monoisotopic (exact) mass is 588 g/mol. The Morgan fingerprint density at radius 1 is 0.525 bits per heavy atom. The van der Waals surface area contributed by atoms with E-state index < -0.39 is 0 Å². The molecule has 0 saturated carbocycles. The Morgan fingerprint density at radius 3 is 1.18 bits per heavy atom. The number of hydrogen-bond acceptors (Lipinski definition) is 2. The van der Waals surface area contributed by atoms with Crippen molar-refractivity contribution in [1.29, 1.82) is 0 Å². The number of rotatable bonds is 8. The molecule has 8 heteroatoms. The largest absolute Gasteiger partial charge is 1.00 e. The van der Waals surface area contributed by atoms with Gasteiger partial charge in [0.15, 0.2) is 0 Å². The van der Waals surface area contributed by atoms with Crippen LogP contribution < -0.4 is 24.8 Å². The third kappa shape index (κ3) is 8.45. The minimum atomic E-state index is 0. The molecular formula is C32H46Cl2N4O2. The summed E-state index contributed by atoms with van der Waals surface area (Å²) in [6.45, 7) is 13.0. The summed E-state index contributed by atoms with van der Waals surface area (Å²) in [4.78, 5) is 29.9. The molecule has 2 aromatic rings. The second-order valence-electron chi connectivity index (χ2n) is 11.9. The lowest BCUT2D eigenvalue weighted by Gasteiger charge is -2.54. The predicted octanol–water partition coefficient (Wildman–Crippen LogP) is -2.63. The first-order chi connectivity index (χ1) is 18.5. The van der Waals surface area contributed by atoms with Gasteiger partial charge in [0.05, 0.1) is 52.4 Å². The highest BCUT2D eigenvalue weighted by Crippen LogP contribution is 2.25. The van der Waals surface area contributed by atoms with Crippen molar-refractivity contribution >= 4 is 11.8 Å². The van der Waals surface area contributed by atoms with Crippen molar-refractivity contribution in [2.75, 3.05) is 78.5 Å². The van der Waals surface area contributed by atoms with Crippen molar-refractivity contribution < 1.29 is 43.4 Å². The van der Waals surface area contributed by atoms with E-state index in [0.29, 0.717) is 24.7 Å². The van der Waals surface area contributed by atoms with Gasteiger partial charge in [-0.15, -0.1) is 0 Å². The third-order valence-corrected chi connectivity index (χ3v) is 9.58. The van der Waals surface area contributed by atoms with Crippen LogP contribution in [0.2, 0.25) is 0 Å². The average Bonchev–Trinajstić information content (AvgIpc) is 2.97. The molecule has 0 atom stereocenters. The molecule has 0 bridgehead atoms. The Kier molecular flexibility index (Phi) is 12.3. The van der Waals surface area contributed by atoms with E-state index in [1.165, 1.54) is 46.3 Å². The molecule has 0 aliphatic carbocycles. The van der Waals surface area contributed by atoms with Gasteiger partial charge < -0.3 is 43.6 Å². The number of halogens is 2. The Morgan fingerprint density at radius 2 is 0.850 bits per heavy atom. The second kappa shape index (κ2) is 15.2. The van der Waals surface area contributed by atoms with E-state index in [0.717, 1.165) is 78.0 Å². The van der Waals surface area contributed by atoms with E-state index in [1.54, 1.807) is 0 Å². The van der Waals surface area contributed by atoms with Crippen LogP contribution in [0, 0.1) is 0 Å². The summed E-state index contributed by atoms with van der Waals surface area (Å²) < 4.78 is 2.38. The van der Waals surface area contributed by atoms with E-state index in [1.807, 2.05) is 12.1 Å². The number of quaternary nitrogens is 2. The molecule has 2 aromatic carbocycles. The molecule has 5 rings (SSSR count). The van der Waals surface area contributed by atoms with Gasteiger partial charge >= 0.3 is 0 Å². The summed E-state index contributed by atoms with van der Waals surface area (Å²) in [6.07, 6.45) is 5.17. The van der Waals surface area contributed by atoms with Gasteiger partial charge in [0.25, 0.3) is 0 Å². The second-order valence-corrected chi connectivity index (χ2v) is 11.9. The van der Waals surface area contributed by atoms with Gasteiger partial charge in [-0.1, -0.05) is 60.7 Å². The fourth-order valence-corrected chi connectivity index (χ4v) is 6.74. The van der Waals surface area contributed by atoms with E-state index in [-0.39, 0.29) is 24.8 Å². The number of carbonyl (C=O) groups excluding carboxylic acids is 2. The number of carbonyl (C=O) groups is 2. The minimum absolute atomic E-state index is 0. The highest BCUT2D eigenvalue weighted by Gasteiger charge is 2.45. The Labute approximate surface area is 253 Å². The molecule has 6 nitrogen and oxygen atoms in total. The molecule has 3 fully saturated rings. The maximum absolute atomic E-state index is 12.8. The van der Waals surface area contributed by atoms with Gasteiger partial charge in [0.1, 0.15) is 26.2 Å². The smallest absolute Gasteiger partial charge is 0.222 e. The van der Waals surface area contributed by atoms with Crippen LogP contribution in [0.1, 0.15) is 36.8 Å². The maximum Gasteiger partial charge on any atom is 0.222 e. The fourth-order valence-electron chi connectivity index (χ4n) is 6.74. The number of aryl methyl sites for hydroxylation is 2. The quantitative estimate of drug-likeness (QED) is 0.317. The first-order valence-electron chi connectivity index (χ1n) is 14.9. The number of hydrogen-bond donors (Lipinski definition) is 0. The Balaban J connectivity index is 0.00000220. The fraction of sp³-hybridized carbons (Fsp3) is 0.562. The van der Waals surface area contributed by atoms with E-state index in [9.17, 15) is 9.59 Å². The van der Waals surface area contributed by atoms with Gasteiger partial charge in [0.2, 0.25) is 11.8 Å². The lowest BCUT2D eigenvalue weighted by Crippen LogP contribution is -3.00. The molecular weight excluding hydrogens is 543 g/mol. The Bertz CT molecular complexity index is 956. The number of piperazine rings is 3. The van der Waals surface area contributed by atoms with Crippen molar-refractivity contribution in [3.05, 3.63) is 71.8 Å². The van der Waals surface area contributed by atoms with E-state index in [2.05, 4.69) is 58.3 Å². The molecule has 2 amide bonds. The van der Waals surface area contributed by atoms with Crippen LogP contribution in [0.4, 0.5) is 0 Å². The van der Waals surface area contributed by atoms with Crippen molar-refractivity contribution in [2.24, 2.45) is 0 Å². The first-order valence-corrected chi connectivity index (χ1v) is 14.9. The zero-order valence-electron chi connectivity index (χ0n) is 23.9. The SMILES string of the molecule is O=C(CCCc1ccccc1)N1CC[N+]2(CC1)CC[N+]1(CCN(C(=O)CCCc3ccccc3)CC1)CC2.[Cl-].[Cl-]. The highest BCUT2D eigenvalue weighted by molar-refractivity contribution is 5.76. The van der Waals surface area contributed by atoms with E-state index in [4.69, 9.17) is 0 Å². The minimum Gasteiger partial charge on any atom is -1.00 e. The standard InChI is InChI=1S/C32H46N4O2.2ClH/c37-31(15-7-13-29-9-3-1-4-10-29)33-17-21-35(22-18-33)25-27-36(28-26-35)23-19-34(20-24-36)32(38)16-8-14-30-11-5-2-6-12-30;;/h1-6,9-12H,7-8,13-28H2;2*1H/q+2;;/p-2. The maximum atomic E-state index is 12.8. The zero-order chi connectivity index (χ0) is 26.3. The Hall–Kier alpha value is -2.12. The van der Waals surface area contributed by atoms with Gasteiger partial charge in [-0.25, -0.2) is 0 Å². The average molecular weight is 590 g/mol. The van der Waals surface area contributed by atoms with Gasteiger partial charge in [-0.05, 0) is 36.8 Å². The topological polar surface area (TPSA) is 40.6 Å². The van der Waals surface area contributed by atoms with Gasteiger partial charge in [-0.3, -0.25) is 9.59 Å². The van der Waals surface area contributed by atoms with Crippen molar-refractivity contribution in [1.82, 2.24) is 9.80 Å². The summed E-state index contributed by atoms with van der Waals surface area (Å²) in [5.41, 5.74) is 2.64. The highest BCUT2D eigenvalue weighted by atomic mass is 35.5. The van der Waals surface area contributed by atoms with Gasteiger partial charge in [-0.2, -0.15) is 0 Å². The van der Waals surface area contributed by atoms with Crippen LogP contribution in [0.5, 0.6) is 0 Å². The lowest BCUT2D eigenvalue weighted by atomic mass is 10.1. The normalized spacial score (nSPS) is 19.5.